The minimum absolute atomic E-state index is 0.142. The molecule has 2 rings (SSSR count). The van der Waals surface area contributed by atoms with Crippen molar-refractivity contribution in [2.24, 2.45) is 11.7 Å². The Kier molecular flexibility index (Phi) is 3.80. The fourth-order valence-corrected chi connectivity index (χ4v) is 3.04. The molecular weight excluding hydrogens is 302 g/mol. The first kappa shape index (κ1) is 12.9. The zero-order chi connectivity index (χ0) is 12.5. The van der Waals surface area contributed by atoms with E-state index >= 15 is 0 Å². The van der Waals surface area contributed by atoms with Gasteiger partial charge < -0.3 is 10.8 Å². The number of rotatable bonds is 5. The second-order valence-corrected chi connectivity index (χ2v) is 6.33. The number of hydrogen-bond donors (Lipinski definition) is 2. The molecule has 0 bridgehead atoms. The van der Waals surface area contributed by atoms with Crippen molar-refractivity contribution in [3.8, 4) is 0 Å². The molecule has 92 valence electrons. The molecule has 1 unspecified atom stereocenters. The SMILES string of the molecule is NC(CSc1ccc(Br)cc1)(C(=O)O)C1CC1. The Morgan fingerprint density at radius 1 is 1.47 bits per heavy atom. The molecule has 3 N–H and O–H groups in total. The molecule has 0 aromatic heterocycles. The predicted octanol–water partition coefficient (Wildman–Crippen LogP) is 2.73. The Morgan fingerprint density at radius 2 is 2.06 bits per heavy atom. The number of nitrogens with two attached hydrogens (primary N) is 1. The summed E-state index contributed by atoms with van der Waals surface area (Å²) in [5.74, 6) is -0.318. The lowest BCUT2D eigenvalue weighted by Crippen LogP contribution is -2.52. The minimum Gasteiger partial charge on any atom is -0.480 e. The van der Waals surface area contributed by atoms with Gasteiger partial charge in [-0.2, -0.15) is 0 Å². The number of halogens is 1. The molecule has 1 atom stereocenters. The zero-order valence-corrected chi connectivity index (χ0v) is 11.6. The molecule has 0 radical (unpaired) electrons. The van der Waals surface area contributed by atoms with Crippen molar-refractivity contribution in [3.05, 3.63) is 28.7 Å². The number of carbonyl (C=O) groups is 1. The van der Waals surface area contributed by atoms with Gasteiger partial charge in [-0.25, -0.2) is 0 Å². The molecule has 0 aliphatic heterocycles. The smallest absolute Gasteiger partial charge is 0.324 e. The van der Waals surface area contributed by atoms with E-state index in [0.717, 1.165) is 22.2 Å². The topological polar surface area (TPSA) is 63.3 Å². The van der Waals surface area contributed by atoms with E-state index in [2.05, 4.69) is 15.9 Å². The van der Waals surface area contributed by atoms with Crippen LogP contribution in [0.4, 0.5) is 0 Å². The number of thioether (sulfide) groups is 1. The highest BCUT2D eigenvalue weighted by molar-refractivity contribution is 9.10. The number of carboxylic acids is 1. The Hall–Kier alpha value is -0.520. The first-order valence-corrected chi connectivity index (χ1v) is 7.21. The van der Waals surface area contributed by atoms with Crippen LogP contribution >= 0.6 is 27.7 Å². The van der Waals surface area contributed by atoms with Gasteiger partial charge in [0.25, 0.3) is 0 Å². The number of hydrogen-bond acceptors (Lipinski definition) is 3. The van der Waals surface area contributed by atoms with Crippen LogP contribution in [0.3, 0.4) is 0 Å². The highest BCUT2D eigenvalue weighted by Gasteiger charge is 2.48. The molecule has 1 fully saturated rings. The summed E-state index contributed by atoms with van der Waals surface area (Å²) in [7, 11) is 0. The largest absolute Gasteiger partial charge is 0.480 e. The van der Waals surface area contributed by atoms with Gasteiger partial charge in [-0.3, -0.25) is 4.79 Å². The van der Waals surface area contributed by atoms with Gasteiger partial charge in [-0.1, -0.05) is 15.9 Å². The standard InChI is InChI=1S/C12H14BrNO2S/c13-9-3-5-10(6-4-9)17-7-12(14,11(15)16)8-1-2-8/h3-6,8H,1-2,7,14H2,(H,15,16). The van der Waals surface area contributed by atoms with E-state index in [0.29, 0.717) is 5.75 Å². The third-order valence-corrected chi connectivity index (χ3v) is 4.75. The maximum atomic E-state index is 11.2. The summed E-state index contributed by atoms with van der Waals surface area (Å²) in [6.45, 7) is 0. The van der Waals surface area contributed by atoms with Crippen molar-refractivity contribution in [1.82, 2.24) is 0 Å². The van der Waals surface area contributed by atoms with Crippen molar-refractivity contribution in [2.75, 3.05) is 5.75 Å². The molecule has 0 saturated heterocycles. The molecule has 0 heterocycles. The van der Waals surface area contributed by atoms with Crippen LogP contribution in [-0.4, -0.2) is 22.4 Å². The molecule has 1 saturated carbocycles. The van der Waals surface area contributed by atoms with Crippen molar-refractivity contribution in [3.63, 3.8) is 0 Å². The first-order valence-electron chi connectivity index (χ1n) is 5.43. The molecule has 1 aromatic carbocycles. The highest BCUT2D eigenvalue weighted by atomic mass is 79.9. The zero-order valence-electron chi connectivity index (χ0n) is 9.23. The number of carboxylic acid groups (broad SMARTS) is 1. The van der Waals surface area contributed by atoms with Gasteiger partial charge >= 0.3 is 5.97 Å². The van der Waals surface area contributed by atoms with Gasteiger partial charge in [0.15, 0.2) is 0 Å². The highest BCUT2D eigenvalue weighted by Crippen LogP contribution is 2.41. The lowest BCUT2D eigenvalue weighted by Gasteiger charge is -2.23. The molecule has 1 aliphatic rings. The second kappa shape index (κ2) is 5.00. The molecule has 1 aliphatic carbocycles. The van der Waals surface area contributed by atoms with Crippen LogP contribution in [0, 0.1) is 5.92 Å². The van der Waals surface area contributed by atoms with Gasteiger partial charge in [0.2, 0.25) is 0 Å². The fraction of sp³-hybridized carbons (Fsp3) is 0.417. The van der Waals surface area contributed by atoms with E-state index in [9.17, 15) is 9.90 Å². The van der Waals surface area contributed by atoms with Crippen LogP contribution < -0.4 is 5.73 Å². The summed E-state index contributed by atoms with van der Waals surface area (Å²) in [4.78, 5) is 12.3. The number of aliphatic carboxylic acids is 1. The summed E-state index contributed by atoms with van der Waals surface area (Å²) in [5, 5.41) is 9.22. The lowest BCUT2D eigenvalue weighted by atomic mass is 9.98. The third kappa shape index (κ3) is 3.03. The summed E-state index contributed by atoms with van der Waals surface area (Å²) < 4.78 is 1.02. The fourth-order valence-electron chi connectivity index (χ4n) is 1.69. The van der Waals surface area contributed by atoms with E-state index in [1.165, 1.54) is 11.8 Å². The van der Waals surface area contributed by atoms with Gasteiger partial charge in [-0.15, -0.1) is 11.8 Å². The monoisotopic (exact) mass is 315 g/mol. The van der Waals surface area contributed by atoms with Crippen LogP contribution in [0.5, 0.6) is 0 Å². The molecule has 0 amide bonds. The van der Waals surface area contributed by atoms with Crippen LogP contribution in [0.1, 0.15) is 12.8 Å². The normalized spacial score (nSPS) is 18.7. The van der Waals surface area contributed by atoms with Crippen LogP contribution in [0.15, 0.2) is 33.6 Å². The summed E-state index contributed by atoms with van der Waals surface area (Å²) in [5.41, 5.74) is 4.92. The quantitative estimate of drug-likeness (QED) is 0.820. The Balaban J connectivity index is 2.00. The predicted molar refractivity (Wildman–Crippen MR) is 72.1 cm³/mol. The number of benzene rings is 1. The van der Waals surface area contributed by atoms with E-state index in [4.69, 9.17) is 5.73 Å². The van der Waals surface area contributed by atoms with Crippen molar-refractivity contribution in [2.45, 2.75) is 23.3 Å². The summed E-state index contributed by atoms with van der Waals surface area (Å²) in [6, 6.07) is 7.81. The lowest BCUT2D eigenvalue weighted by molar-refractivity contribution is -0.143. The van der Waals surface area contributed by atoms with E-state index in [1.54, 1.807) is 0 Å². The van der Waals surface area contributed by atoms with Crippen molar-refractivity contribution >= 4 is 33.7 Å². The van der Waals surface area contributed by atoms with Crippen LogP contribution in [0.2, 0.25) is 0 Å². The molecule has 3 nitrogen and oxygen atoms in total. The summed E-state index contributed by atoms with van der Waals surface area (Å²) >= 11 is 4.87. The van der Waals surface area contributed by atoms with Crippen LogP contribution in [-0.2, 0) is 4.79 Å². The molecule has 0 spiro atoms. The Bertz CT molecular complexity index is 419. The van der Waals surface area contributed by atoms with Crippen molar-refractivity contribution in [1.29, 1.82) is 0 Å². The Morgan fingerprint density at radius 3 is 2.53 bits per heavy atom. The second-order valence-electron chi connectivity index (χ2n) is 4.36. The molecule has 1 aromatic rings. The van der Waals surface area contributed by atoms with E-state index in [1.807, 2.05) is 24.3 Å². The van der Waals surface area contributed by atoms with Crippen molar-refractivity contribution < 1.29 is 9.90 Å². The van der Waals surface area contributed by atoms with E-state index in [-0.39, 0.29) is 5.92 Å². The van der Waals surface area contributed by atoms with Gasteiger partial charge in [-0.05, 0) is 43.0 Å². The van der Waals surface area contributed by atoms with Gasteiger partial charge in [0.1, 0.15) is 5.54 Å². The molecule has 5 heteroatoms. The third-order valence-electron chi connectivity index (χ3n) is 3.00. The molecule has 17 heavy (non-hydrogen) atoms. The minimum atomic E-state index is -1.07. The molecular formula is C12H14BrNO2S. The van der Waals surface area contributed by atoms with Gasteiger partial charge in [0.05, 0.1) is 0 Å². The van der Waals surface area contributed by atoms with Crippen LogP contribution in [0.25, 0.3) is 0 Å². The van der Waals surface area contributed by atoms with E-state index < -0.39 is 11.5 Å². The maximum absolute atomic E-state index is 11.2. The summed E-state index contributed by atoms with van der Waals surface area (Å²) in [6.07, 6.45) is 1.87. The average molecular weight is 316 g/mol. The first-order chi connectivity index (χ1) is 8.02. The average Bonchev–Trinajstić information content (AvgIpc) is 3.11. The van der Waals surface area contributed by atoms with Gasteiger partial charge in [0, 0.05) is 15.1 Å². The maximum Gasteiger partial charge on any atom is 0.324 e. The Labute approximate surface area is 113 Å².